The van der Waals surface area contributed by atoms with Crippen LogP contribution < -0.4 is 4.74 Å². The molecule has 1 saturated heterocycles. The van der Waals surface area contributed by atoms with Gasteiger partial charge in [-0.05, 0) is 37.0 Å². The fourth-order valence-corrected chi connectivity index (χ4v) is 2.76. The zero-order valence-corrected chi connectivity index (χ0v) is 12.0. The van der Waals surface area contributed by atoms with E-state index in [1.807, 2.05) is 6.92 Å². The monoisotopic (exact) mass is 295 g/mol. The summed E-state index contributed by atoms with van der Waals surface area (Å²) in [5, 5.41) is 9.32. The van der Waals surface area contributed by atoms with Gasteiger partial charge in [0, 0.05) is 12.1 Å². The second kappa shape index (κ2) is 6.11. The topological polar surface area (TPSA) is 66.8 Å². The van der Waals surface area contributed by atoms with Gasteiger partial charge in [-0.25, -0.2) is 9.18 Å². The highest BCUT2D eigenvalue weighted by molar-refractivity contribution is 5.97. The van der Waals surface area contributed by atoms with Crippen LogP contribution >= 0.6 is 0 Å². The number of rotatable bonds is 3. The van der Waals surface area contributed by atoms with Crippen LogP contribution in [0.1, 0.15) is 30.1 Å². The molecule has 1 aromatic carbocycles. The van der Waals surface area contributed by atoms with Crippen LogP contribution in [-0.4, -0.2) is 41.6 Å². The second-order valence-corrected chi connectivity index (χ2v) is 5.25. The SMILES string of the molecule is COc1ccc(C(=O)N2CCCC(C)C2C(=O)O)cc1F. The van der Waals surface area contributed by atoms with Crippen molar-refractivity contribution < 1.29 is 23.8 Å². The number of nitrogens with zero attached hydrogens (tertiary/aromatic N) is 1. The average molecular weight is 295 g/mol. The lowest BCUT2D eigenvalue weighted by Gasteiger charge is -2.37. The van der Waals surface area contributed by atoms with Crippen LogP contribution in [0.5, 0.6) is 5.75 Å². The predicted octanol–water partition coefficient (Wildman–Crippen LogP) is 2.16. The molecule has 1 heterocycles. The van der Waals surface area contributed by atoms with Crippen molar-refractivity contribution >= 4 is 11.9 Å². The number of carbonyl (C=O) groups excluding carboxylic acids is 1. The summed E-state index contributed by atoms with van der Waals surface area (Å²) in [6.45, 7) is 2.18. The lowest BCUT2D eigenvalue weighted by molar-refractivity contribution is -0.145. The van der Waals surface area contributed by atoms with Crippen molar-refractivity contribution in [1.29, 1.82) is 0 Å². The number of hydrogen-bond acceptors (Lipinski definition) is 3. The molecule has 0 radical (unpaired) electrons. The third-order valence-corrected chi connectivity index (χ3v) is 3.85. The van der Waals surface area contributed by atoms with E-state index >= 15 is 0 Å². The number of halogens is 1. The molecule has 2 unspecified atom stereocenters. The first kappa shape index (κ1) is 15.3. The quantitative estimate of drug-likeness (QED) is 0.928. The maximum absolute atomic E-state index is 13.7. The van der Waals surface area contributed by atoms with Crippen LogP contribution in [-0.2, 0) is 4.79 Å². The van der Waals surface area contributed by atoms with E-state index in [-0.39, 0.29) is 17.2 Å². The van der Waals surface area contributed by atoms with Gasteiger partial charge in [-0.1, -0.05) is 6.92 Å². The maximum atomic E-state index is 13.7. The molecule has 1 aliphatic heterocycles. The van der Waals surface area contributed by atoms with E-state index in [1.165, 1.54) is 24.1 Å². The molecule has 1 fully saturated rings. The van der Waals surface area contributed by atoms with Crippen LogP contribution in [0.4, 0.5) is 4.39 Å². The first-order valence-electron chi connectivity index (χ1n) is 6.83. The normalized spacial score (nSPS) is 22.0. The Morgan fingerprint density at radius 1 is 1.43 bits per heavy atom. The van der Waals surface area contributed by atoms with Crippen molar-refractivity contribution in [3.63, 3.8) is 0 Å². The molecule has 2 rings (SSSR count). The Hall–Kier alpha value is -2.11. The van der Waals surface area contributed by atoms with Gasteiger partial charge in [-0.3, -0.25) is 4.79 Å². The number of aliphatic carboxylic acids is 1. The van der Waals surface area contributed by atoms with E-state index in [0.29, 0.717) is 6.54 Å². The Morgan fingerprint density at radius 2 is 2.14 bits per heavy atom. The van der Waals surface area contributed by atoms with E-state index < -0.39 is 23.7 Å². The van der Waals surface area contributed by atoms with Crippen LogP contribution in [0.25, 0.3) is 0 Å². The molecule has 1 N–H and O–H groups in total. The first-order valence-corrected chi connectivity index (χ1v) is 6.83. The number of carbonyl (C=O) groups is 2. The first-order chi connectivity index (χ1) is 9.95. The average Bonchev–Trinajstić information content (AvgIpc) is 2.45. The highest BCUT2D eigenvalue weighted by Gasteiger charge is 2.37. The molecule has 0 aliphatic carbocycles. The van der Waals surface area contributed by atoms with Gasteiger partial charge >= 0.3 is 5.97 Å². The maximum Gasteiger partial charge on any atom is 0.326 e. The molecule has 6 heteroatoms. The Bertz CT molecular complexity index is 561. The summed E-state index contributed by atoms with van der Waals surface area (Å²) in [6, 6.07) is 3.03. The zero-order chi connectivity index (χ0) is 15.6. The van der Waals surface area contributed by atoms with Crippen molar-refractivity contribution in [2.75, 3.05) is 13.7 Å². The van der Waals surface area contributed by atoms with Gasteiger partial charge in [0.05, 0.1) is 7.11 Å². The van der Waals surface area contributed by atoms with Crippen molar-refractivity contribution in [3.8, 4) is 5.75 Å². The van der Waals surface area contributed by atoms with Gasteiger partial charge in [-0.15, -0.1) is 0 Å². The summed E-state index contributed by atoms with van der Waals surface area (Å²) in [5.74, 6) is -2.20. The molecule has 5 nitrogen and oxygen atoms in total. The summed E-state index contributed by atoms with van der Waals surface area (Å²) in [6.07, 6.45) is 1.51. The Balaban J connectivity index is 2.29. The molecule has 1 amide bonds. The van der Waals surface area contributed by atoms with Crippen LogP contribution in [0.2, 0.25) is 0 Å². The molecule has 0 spiro atoms. The van der Waals surface area contributed by atoms with Gasteiger partial charge in [0.1, 0.15) is 6.04 Å². The smallest absolute Gasteiger partial charge is 0.326 e. The third-order valence-electron chi connectivity index (χ3n) is 3.85. The lowest BCUT2D eigenvalue weighted by atomic mass is 9.90. The van der Waals surface area contributed by atoms with Crippen molar-refractivity contribution in [1.82, 2.24) is 4.90 Å². The summed E-state index contributed by atoms with van der Waals surface area (Å²) in [5.41, 5.74) is 0.133. The van der Waals surface area contributed by atoms with Crippen molar-refractivity contribution in [3.05, 3.63) is 29.6 Å². The van der Waals surface area contributed by atoms with E-state index in [4.69, 9.17) is 4.74 Å². The second-order valence-electron chi connectivity index (χ2n) is 5.25. The van der Waals surface area contributed by atoms with Crippen LogP contribution in [0.3, 0.4) is 0 Å². The van der Waals surface area contributed by atoms with E-state index in [1.54, 1.807) is 0 Å². The number of hydrogen-bond donors (Lipinski definition) is 1. The summed E-state index contributed by atoms with van der Waals surface area (Å²) in [4.78, 5) is 25.2. The fourth-order valence-electron chi connectivity index (χ4n) is 2.76. The molecule has 21 heavy (non-hydrogen) atoms. The minimum absolute atomic E-state index is 0.0494. The highest BCUT2D eigenvalue weighted by atomic mass is 19.1. The Morgan fingerprint density at radius 3 is 2.71 bits per heavy atom. The largest absolute Gasteiger partial charge is 0.494 e. The summed E-state index contributed by atoms with van der Waals surface area (Å²) in [7, 11) is 1.34. The number of carboxylic acid groups (broad SMARTS) is 1. The minimum Gasteiger partial charge on any atom is -0.494 e. The standard InChI is InChI=1S/C15H18FNO4/c1-9-4-3-7-17(13(9)15(19)20)14(18)10-5-6-12(21-2)11(16)8-10/h5-6,8-9,13H,3-4,7H2,1-2H3,(H,19,20). The molecular weight excluding hydrogens is 277 g/mol. The van der Waals surface area contributed by atoms with Gasteiger partial charge < -0.3 is 14.7 Å². The van der Waals surface area contributed by atoms with Crippen molar-refractivity contribution in [2.45, 2.75) is 25.8 Å². The summed E-state index contributed by atoms with van der Waals surface area (Å²) < 4.78 is 18.5. The Labute approximate surface area is 122 Å². The lowest BCUT2D eigenvalue weighted by Crippen LogP contribution is -2.51. The molecule has 0 bridgehead atoms. The number of benzene rings is 1. The van der Waals surface area contributed by atoms with Gasteiger partial charge in [0.15, 0.2) is 11.6 Å². The van der Waals surface area contributed by atoms with Crippen molar-refractivity contribution in [2.24, 2.45) is 5.92 Å². The number of piperidine rings is 1. The van der Waals surface area contributed by atoms with Gasteiger partial charge in [-0.2, -0.15) is 0 Å². The van der Waals surface area contributed by atoms with Gasteiger partial charge in [0.25, 0.3) is 5.91 Å². The number of methoxy groups -OCH3 is 1. The molecule has 1 aliphatic rings. The van der Waals surface area contributed by atoms with Gasteiger partial charge in [0.2, 0.25) is 0 Å². The highest BCUT2D eigenvalue weighted by Crippen LogP contribution is 2.26. The molecular formula is C15H18FNO4. The number of ether oxygens (including phenoxy) is 1. The molecule has 114 valence electrons. The Kier molecular flexibility index (Phi) is 4.45. The summed E-state index contributed by atoms with van der Waals surface area (Å²) >= 11 is 0. The predicted molar refractivity (Wildman–Crippen MR) is 73.8 cm³/mol. The van der Waals surface area contributed by atoms with E-state index in [0.717, 1.165) is 18.9 Å². The molecule has 1 aromatic rings. The molecule has 2 atom stereocenters. The van der Waals surface area contributed by atoms with E-state index in [9.17, 15) is 19.1 Å². The van der Waals surface area contributed by atoms with Crippen LogP contribution in [0.15, 0.2) is 18.2 Å². The minimum atomic E-state index is -1.02. The number of likely N-dealkylation sites (tertiary alicyclic amines) is 1. The fraction of sp³-hybridized carbons (Fsp3) is 0.467. The van der Waals surface area contributed by atoms with E-state index in [2.05, 4.69) is 0 Å². The zero-order valence-electron chi connectivity index (χ0n) is 12.0. The third kappa shape index (κ3) is 2.99. The molecule has 0 aromatic heterocycles. The number of amides is 1. The molecule has 0 saturated carbocycles. The number of carboxylic acids is 1. The van der Waals surface area contributed by atoms with Crippen LogP contribution in [0, 0.1) is 11.7 Å².